The van der Waals surface area contributed by atoms with E-state index in [0.717, 1.165) is 32.7 Å². The highest BCUT2D eigenvalue weighted by molar-refractivity contribution is 14.1. The van der Waals surface area contributed by atoms with Crippen molar-refractivity contribution < 1.29 is 9.53 Å². The molecular formula is C15H22IN3O2. The third-order valence-corrected chi connectivity index (χ3v) is 4.71. The lowest BCUT2D eigenvalue weighted by atomic mass is 10.2. The Hall–Kier alpha value is -0.700. The Labute approximate surface area is 139 Å². The first-order valence-corrected chi connectivity index (χ1v) is 8.40. The van der Waals surface area contributed by atoms with Crippen LogP contribution in [0.4, 0.5) is 0 Å². The number of carbonyl (C=O) groups is 1. The van der Waals surface area contributed by atoms with Crippen LogP contribution < -0.4 is 5.73 Å². The fourth-order valence-corrected chi connectivity index (χ4v) is 3.54. The zero-order chi connectivity index (χ0) is 15.1. The van der Waals surface area contributed by atoms with Crippen LogP contribution in [-0.2, 0) is 16.1 Å². The number of hydrogen-bond acceptors (Lipinski definition) is 4. The van der Waals surface area contributed by atoms with Crippen molar-refractivity contribution >= 4 is 28.5 Å². The molecule has 1 saturated heterocycles. The van der Waals surface area contributed by atoms with Gasteiger partial charge in [0.25, 0.3) is 0 Å². The van der Waals surface area contributed by atoms with E-state index in [1.54, 1.807) is 0 Å². The fourth-order valence-electron chi connectivity index (χ4n) is 2.42. The molecule has 1 atom stereocenters. The lowest BCUT2D eigenvalue weighted by molar-refractivity contribution is -0.122. The number of carbonyl (C=O) groups excluding carboxylic acids is 1. The number of rotatable bonds is 7. The minimum absolute atomic E-state index is 0.0138. The van der Waals surface area contributed by atoms with Gasteiger partial charge in [0, 0.05) is 32.7 Å². The molecule has 1 amide bonds. The molecule has 1 aliphatic rings. The summed E-state index contributed by atoms with van der Waals surface area (Å²) in [5.74, 6) is -0.409. The van der Waals surface area contributed by atoms with Gasteiger partial charge in [0.05, 0.1) is 10.7 Å². The number of nitrogens with two attached hydrogens (primary N) is 1. The first-order valence-electron chi connectivity index (χ1n) is 7.15. The molecule has 2 N–H and O–H groups in total. The summed E-state index contributed by atoms with van der Waals surface area (Å²) in [6, 6.07) is 10.6. The van der Waals surface area contributed by atoms with Crippen LogP contribution in [0.25, 0.3) is 0 Å². The molecule has 0 spiro atoms. The molecule has 1 fully saturated rings. The van der Waals surface area contributed by atoms with Gasteiger partial charge in [0.2, 0.25) is 5.91 Å². The van der Waals surface area contributed by atoms with Crippen molar-refractivity contribution in [1.82, 2.24) is 9.80 Å². The van der Waals surface area contributed by atoms with E-state index < -0.39 is 5.91 Å². The molecule has 6 heteroatoms. The van der Waals surface area contributed by atoms with E-state index in [1.165, 1.54) is 5.56 Å². The summed E-state index contributed by atoms with van der Waals surface area (Å²) >= 11 is 2.48. The van der Waals surface area contributed by atoms with Crippen molar-refractivity contribution in [3.8, 4) is 0 Å². The van der Waals surface area contributed by atoms with Crippen LogP contribution in [0.2, 0.25) is 0 Å². The summed E-state index contributed by atoms with van der Waals surface area (Å²) in [4.78, 5) is 15.5. The van der Waals surface area contributed by atoms with E-state index in [2.05, 4.69) is 62.7 Å². The summed E-state index contributed by atoms with van der Waals surface area (Å²) in [5.41, 5.74) is 6.41. The van der Waals surface area contributed by atoms with Crippen LogP contribution in [0.15, 0.2) is 30.3 Å². The predicted molar refractivity (Wildman–Crippen MR) is 91.1 cm³/mol. The Balaban J connectivity index is 1.70. The highest BCUT2D eigenvalue weighted by Crippen LogP contribution is 2.17. The van der Waals surface area contributed by atoms with E-state index in [1.807, 2.05) is 0 Å². The highest BCUT2D eigenvalue weighted by atomic mass is 127. The van der Waals surface area contributed by atoms with Gasteiger partial charge in [-0.2, -0.15) is 0 Å². The maximum Gasteiger partial charge on any atom is 0.243 e. The maximum absolute atomic E-state index is 10.6. The van der Waals surface area contributed by atoms with Crippen molar-refractivity contribution in [2.45, 2.75) is 10.6 Å². The second-order valence-electron chi connectivity index (χ2n) is 5.21. The molecule has 116 valence electrons. The van der Waals surface area contributed by atoms with Crippen LogP contribution in [0.5, 0.6) is 0 Å². The normalized spacial score (nSPS) is 20.5. The van der Waals surface area contributed by atoms with Gasteiger partial charge in [-0.3, -0.25) is 14.6 Å². The molecule has 1 aliphatic heterocycles. The lowest BCUT2D eigenvalue weighted by Crippen LogP contribution is -2.50. The summed E-state index contributed by atoms with van der Waals surface area (Å²) in [6.07, 6.45) is 0. The quantitative estimate of drug-likeness (QED) is 0.320. The average Bonchev–Trinajstić information content (AvgIpc) is 2.46. The second kappa shape index (κ2) is 8.67. The topological polar surface area (TPSA) is 58.8 Å². The van der Waals surface area contributed by atoms with Gasteiger partial charge < -0.3 is 10.5 Å². The molecule has 0 radical (unpaired) electrons. The first-order chi connectivity index (χ1) is 10.1. The van der Waals surface area contributed by atoms with Gasteiger partial charge >= 0.3 is 0 Å². The van der Waals surface area contributed by atoms with Crippen LogP contribution in [0.1, 0.15) is 5.56 Å². The summed E-state index contributed by atoms with van der Waals surface area (Å²) in [5, 5.41) is 0. The number of alkyl halides is 1. The molecule has 0 aliphatic carbocycles. The zero-order valence-corrected chi connectivity index (χ0v) is 14.2. The van der Waals surface area contributed by atoms with Crippen LogP contribution in [0.3, 0.4) is 0 Å². The second-order valence-corrected chi connectivity index (χ2v) is 6.65. The molecule has 21 heavy (non-hydrogen) atoms. The van der Waals surface area contributed by atoms with Crippen LogP contribution >= 0.6 is 22.6 Å². The Bertz CT molecular complexity index is 444. The van der Waals surface area contributed by atoms with E-state index in [-0.39, 0.29) is 6.61 Å². The number of primary amides is 1. The number of piperazine rings is 1. The van der Waals surface area contributed by atoms with Gasteiger partial charge in [0.15, 0.2) is 0 Å². The maximum atomic E-state index is 10.6. The lowest BCUT2D eigenvalue weighted by Gasteiger charge is -2.38. The molecule has 2 rings (SSSR count). The summed E-state index contributed by atoms with van der Waals surface area (Å²) in [7, 11) is 0. The van der Waals surface area contributed by atoms with Crippen molar-refractivity contribution in [1.29, 1.82) is 0 Å². The van der Waals surface area contributed by atoms with E-state index in [0.29, 0.717) is 10.7 Å². The van der Waals surface area contributed by atoms with E-state index in [9.17, 15) is 4.79 Å². The molecule has 0 aromatic heterocycles. The molecule has 1 aromatic rings. The van der Waals surface area contributed by atoms with Crippen molar-refractivity contribution in [2.75, 3.05) is 39.4 Å². The van der Waals surface area contributed by atoms with Gasteiger partial charge in [-0.05, 0) is 5.56 Å². The highest BCUT2D eigenvalue weighted by Gasteiger charge is 2.24. The first kappa shape index (κ1) is 16.7. The van der Waals surface area contributed by atoms with Crippen LogP contribution in [0, 0.1) is 0 Å². The molecule has 0 saturated carbocycles. The average molecular weight is 403 g/mol. The van der Waals surface area contributed by atoms with Crippen molar-refractivity contribution in [3.63, 3.8) is 0 Å². The Kier molecular flexibility index (Phi) is 6.88. The number of benzene rings is 1. The molecular weight excluding hydrogens is 381 g/mol. The van der Waals surface area contributed by atoms with Crippen molar-refractivity contribution in [3.05, 3.63) is 35.9 Å². The Morgan fingerprint density at radius 1 is 1.33 bits per heavy atom. The number of amides is 1. The Morgan fingerprint density at radius 3 is 2.76 bits per heavy atom. The van der Waals surface area contributed by atoms with Gasteiger partial charge in [-0.25, -0.2) is 0 Å². The number of halogens is 1. The fraction of sp³-hybridized carbons (Fsp3) is 0.533. The van der Waals surface area contributed by atoms with E-state index in [4.69, 9.17) is 10.5 Å². The number of nitrogens with zero attached hydrogens (tertiary/aromatic N) is 2. The number of hydrogen-bond donors (Lipinski definition) is 1. The van der Waals surface area contributed by atoms with Gasteiger partial charge in [-0.15, -0.1) is 0 Å². The minimum atomic E-state index is -0.409. The molecule has 0 bridgehead atoms. The van der Waals surface area contributed by atoms with Crippen molar-refractivity contribution in [2.24, 2.45) is 5.73 Å². The summed E-state index contributed by atoms with van der Waals surface area (Å²) in [6.45, 7) is 5.56. The van der Waals surface area contributed by atoms with Gasteiger partial charge in [-0.1, -0.05) is 52.9 Å². The smallest absolute Gasteiger partial charge is 0.243 e. The Morgan fingerprint density at radius 2 is 2.10 bits per heavy atom. The minimum Gasteiger partial charge on any atom is -0.370 e. The van der Waals surface area contributed by atoms with E-state index >= 15 is 0 Å². The third-order valence-electron chi connectivity index (χ3n) is 3.52. The predicted octanol–water partition coefficient (Wildman–Crippen LogP) is 1.07. The van der Waals surface area contributed by atoms with Crippen LogP contribution in [-0.4, -0.2) is 59.1 Å². The monoisotopic (exact) mass is 403 g/mol. The number of ether oxygens (including phenoxy) is 1. The summed E-state index contributed by atoms with van der Waals surface area (Å²) < 4.78 is 5.71. The standard InChI is InChI=1S/C15H22IN3O2/c16-14-11-18(10-13-4-2-1-3-5-13)6-7-19(14)8-9-21-12-15(17)20/h1-5,14H,6-12H2,(H2,17,20). The third kappa shape index (κ3) is 5.90. The molecule has 1 heterocycles. The zero-order valence-electron chi connectivity index (χ0n) is 12.1. The van der Waals surface area contributed by atoms with Gasteiger partial charge in [0.1, 0.15) is 6.61 Å². The molecule has 5 nitrogen and oxygen atoms in total. The molecule has 1 unspecified atom stereocenters. The largest absolute Gasteiger partial charge is 0.370 e. The molecule has 1 aromatic carbocycles. The SMILES string of the molecule is NC(=O)COCCN1CCN(Cc2ccccc2)CC1I.